The molecule has 1 aliphatic rings. The zero-order valence-electron chi connectivity index (χ0n) is 33.2. The number of anilines is 5. The molecule has 3 nitrogen and oxygen atoms in total. The molecule has 0 aliphatic carbocycles. The summed E-state index contributed by atoms with van der Waals surface area (Å²) in [5, 5.41) is 4.47. The van der Waals surface area contributed by atoms with Crippen LogP contribution in [0, 0.1) is 0 Å². The largest absolute Gasteiger partial charge is 0.489 e. The minimum Gasteiger partial charge on any atom is -0.489 e. The smallest absolute Gasteiger partial charge is 0.128 e. The van der Waals surface area contributed by atoms with Gasteiger partial charge in [0.05, 0.1) is 0 Å². The van der Waals surface area contributed by atoms with E-state index in [0.29, 0.717) is 6.61 Å². The maximum absolute atomic E-state index is 6.74. The normalized spacial score (nSPS) is 13.9. The fraction of sp³-hybridized carbons (Fsp3) is 0.0175. The molecule has 0 aromatic heterocycles. The van der Waals surface area contributed by atoms with Crippen molar-refractivity contribution in [3.63, 3.8) is 0 Å². The van der Waals surface area contributed by atoms with Crippen molar-refractivity contribution >= 4 is 55.6 Å². The molecule has 0 atom stereocenters. The van der Waals surface area contributed by atoms with Crippen LogP contribution in [0.1, 0.15) is 5.56 Å². The monoisotopic (exact) mass is 770 g/mol. The third kappa shape index (κ3) is 7.14. The Morgan fingerprint density at radius 3 is 1.50 bits per heavy atom. The summed E-state index contributed by atoms with van der Waals surface area (Å²) >= 11 is 0. The summed E-state index contributed by atoms with van der Waals surface area (Å²) in [5.74, 6) is 0.830. The van der Waals surface area contributed by atoms with E-state index in [2.05, 4.69) is 241 Å². The average molecular weight is 771 g/mol. The number of benzene rings is 9. The quantitative estimate of drug-likeness (QED) is 0.143. The zero-order valence-corrected chi connectivity index (χ0v) is 33.2. The second kappa shape index (κ2) is 16.2. The SMILES string of the molecule is C=C1/C=C\C(N(c2ccccc2)c2ccc(-c3ccccc3)cc2)=C/COc2cccc3c2c1cc1ccc(N(c2ccccc2)c2ccc(-c4ccccc4)cc2)cc13. The molecular weight excluding hydrogens is 729 g/mol. The number of fused-ring (bicyclic) bond motifs is 2. The first-order chi connectivity index (χ1) is 29.7. The molecule has 0 bridgehead atoms. The van der Waals surface area contributed by atoms with Gasteiger partial charge in [-0.3, -0.25) is 0 Å². The summed E-state index contributed by atoms with van der Waals surface area (Å²) in [7, 11) is 0. The Kier molecular flexibility index (Phi) is 9.82. The van der Waals surface area contributed by atoms with E-state index >= 15 is 0 Å². The molecule has 0 saturated carbocycles. The van der Waals surface area contributed by atoms with Gasteiger partial charge in [0, 0.05) is 39.5 Å². The lowest BCUT2D eigenvalue weighted by molar-refractivity contribution is 0.366. The maximum Gasteiger partial charge on any atom is 0.128 e. The lowest BCUT2D eigenvalue weighted by Gasteiger charge is -2.27. The lowest BCUT2D eigenvalue weighted by Crippen LogP contribution is -2.16. The Morgan fingerprint density at radius 1 is 0.400 bits per heavy atom. The molecule has 9 aromatic carbocycles. The lowest BCUT2D eigenvalue weighted by atomic mass is 9.92. The summed E-state index contributed by atoms with van der Waals surface area (Å²) in [6, 6.07) is 75.1. The van der Waals surface area contributed by atoms with Crippen LogP contribution in [0.2, 0.25) is 0 Å². The van der Waals surface area contributed by atoms with Crippen LogP contribution in [0.15, 0.2) is 243 Å². The molecule has 1 aliphatic heterocycles. The number of rotatable bonds is 8. The molecule has 1 heterocycles. The van der Waals surface area contributed by atoms with Crippen molar-refractivity contribution < 1.29 is 4.74 Å². The van der Waals surface area contributed by atoms with Gasteiger partial charge in [0.15, 0.2) is 0 Å². The van der Waals surface area contributed by atoms with Crippen molar-refractivity contribution in [3.8, 4) is 28.0 Å². The van der Waals surface area contributed by atoms with Crippen LogP contribution in [0.4, 0.5) is 28.4 Å². The Bertz CT molecular complexity index is 3010. The van der Waals surface area contributed by atoms with E-state index in [1.54, 1.807) is 0 Å². The Labute approximate surface area is 351 Å². The van der Waals surface area contributed by atoms with E-state index in [0.717, 1.165) is 72.6 Å². The molecule has 0 spiro atoms. The predicted molar refractivity (Wildman–Crippen MR) is 254 cm³/mol. The van der Waals surface area contributed by atoms with Gasteiger partial charge in [0.2, 0.25) is 0 Å². The predicted octanol–water partition coefficient (Wildman–Crippen LogP) is 15.5. The topological polar surface area (TPSA) is 15.7 Å². The van der Waals surface area contributed by atoms with Crippen LogP contribution in [-0.4, -0.2) is 6.61 Å². The van der Waals surface area contributed by atoms with Crippen molar-refractivity contribution in [1.82, 2.24) is 0 Å². The summed E-state index contributed by atoms with van der Waals surface area (Å²) < 4.78 is 6.74. The minimum atomic E-state index is 0.384. The molecule has 0 radical (unpaired) electrons. The standard InChI is InChI=1S/C57H42N2O/c1-41-25-31-51(58(47-19-10-4-11-20-47)49-32-26-44(27-33-49)42-15-6-2-7-16-42)37-38-60-56-24-14-23-53-55-40-52(36-30-46(55)39-54(41)57(53)56)59(48-21-12-5-13-22-48)50-34-28-45(29-35-50)43-17-8-3-9-18-43/h2-37,39-40H,1,38H2/b31-25-,51-37+. The summed E-state index contributed by atoms with van der Waals surface area (Å²) in [6.07, 6.45) is 6.47. The molecule has 3 heteroatoms. The van der Waals surface area contributed by atoms with Gasteiger partial charge in [-0.05, 0) is 134 Å². The highest BCUT2D eigenvalue weighted by molar-refractivity contribution is 6.15. The van der Waals surface area contributed by atoms with E-state index in [9.17, 15) is 0 Å². The van der Waals surface area contributed by atoms with Crippen LogP contribution in [0.3, 0.4) is 0 Å². The molecule has 0 saturated heterocycles. The number of allylic oxidation sites excluding steroid dienone is 3. The van der Waals surface area contributed by atoms with Crippen molar-refractivity contribution in [2.45, 2.75) is 0 Å². The van der Waals surface area contributed by atoms with E-state index in [1.165, 1.54) is 22.3 Å². The van der Waals surface area contributed by atoms with E-state index < -0.39 is 0 Å². The maximum atomic E-state index is 6.74. The van der Waals surface area contributed by atoms with Crippen molar-refractivity contribution in [2.24, 2.45) is 0 Å². The Hall–Kier alpha value is -7.88. The zero-order chi connectivity index (χ0) is 40.3. The number of hydrogen-bond donors (Lipinski definition) is 0. The van der Waals surface area contributed by atoms with Gasteiger partial charge in [-0.1, -0.05) is 152 Å². The number of ether oxygens (including phenoxy) is 1. The first-order valence-electron chi connectivity index (χ1n) is 20.4. The van der Waals surface area contributed by atoms with Gasteiger partial charge in [-0.25, -0.2) is 0 Å². The van der Waals surface area contributed by atoms with E-state index in [-0.39, 0.29) is 0 Å². The van der Waals surface area contributed by atoms with Crippen molar-refractivity contribution in [2.75, 3.05) is 16.4 Å². The van der Waals surface area contributed by atoms with Crippen molar-refractivity contribution in [1.29, 1.82) is 0 Å². The number of nitrogens with zero attached hydrogens (tertiary/aromatic N) is 2. The third-order valence-corrected chi connectivity index (χ3v) is 11.3. The number of hydrogen-bond acceptors (Lipinski definition) is 3. The van der Waals surface area contributed by atoms with Crippen LogP contribution in [0.5, 0.6) is 5.75 Å². The fourth-order valence-electron chi connectivity index (χ4n) is 8.32. The van der Waals surface area contributed by atoms with Gasteiger partial charge in [0.1, 0.15) is 12.4 Å². The van der Waals surface area contributed by atoms with Crippen LogP contribution >= 0.6 is 0 Å². The van der Waals surface area contributed by atoms with Crippen LogP contribution in [0.25, 0.3) is 49.4 Å². The van der Waals surface area contributed by atoms with E-state index in [1.807, 2.05) is 6.07 Å². The number of para-hydroxylation sites is 2. The summed E-state index contributed by atoms with van der Waals surface area (Å²) in [6.45, 7) is 5.04. The second-order valence-corrected chi connectivity index (χ2v) is 15.0. The first-order valence-corrected chi connectivity index (χ1v) is 20.4. The Morgan fingerprint density at radius 2 is 0.900 bits per heavy atom. The van der Waals surface area contributed by atoms with Crippen molar-refractivity contribution in [3.05, 3.63) is 248 Å². The summed E-state index contributed by atoms with van der Waals surface area (Å²) in [4.78, 5) is 4.61. The molecule has 10 rings (SSSR count). The molecule has 0 amide bonds. The van der Waals surface area contributed by atoms with Gasteiger partial charge >= 0.3 is 0 Å². The van der Waals surface area contributed by atoms with Gasteiger partial charge < -0.3 is 14.5 Å². The van der Waals surface area contributed by atoms with Crippen LogP contribution in [-0.2, 0) is 0 Å². The Balaban J connectivity index is 1.04. The highest BCUT2D eigenvalue weighted by Gasteiger charge is 2.19. The van der Waals surface area contributed by atoms with Gasteiger partial charge in [-0.15, -0.1) is 0 Å². The average Bonchev–Trinajstić information content (AvgIpc) is 3.32. The third-order valence-electron chi connectivity index (χ3n) is 11.3. The van der Waals surface area contributed by atoms with Gasteiger partial charge in [-0.2, -0.15) is 0 Å². The summed E-state index contributed by atoms with van der Waals surface area (Å²) in [5.41, 5.74) is 13.1. The highest BCUT2D eigenvalue weighted by atomic mass is 16.5. The molecule has 0 fully saturated rings. The van der Waals surface area contributed by atoms with Gasteiger partial charge in [0.25, 0.3) is 0 Å². The highest BCUT2D eigenvalue weighted by Crippen LogP contribution is 2.43. The molecule has 286 valence electrons. The van der Waals surface area contributed by atoms with Crippen LogP contribution < -0.4 is 14.5 Å². The minimum absolute atomic E-state index is 0.384. The molecular formula is C57H42N2O. The molecule has 0 N–H and O–H groups in total. The molecule has 9 aromatic rings. The molecule has 60 heavy (non-hydrogen) atoms. The van der Waals surface area contributed by atoms with E-state index in [4.69, 9.17) is 4.74 Å². The molecule has 0 unspecified atom stereocenters. The second-order valence-electron chi connectivity index (χ2n) is 15.0. The first kappa shape index (κ1) is 36.5. The fourth-order valence-corrected chi connectivity index (χ4v) is 8.32.